The molecule has 100 valence electrons. The van der Waals surface area contributed by atoms with Crippen LogP contribution in [0.5, 0.6) is 0 Å². The minimum absolute atomic E-state index is 0.813. The molecule has 0 spiro atoms. The van der Waals surface area contributed by atoms with Gasteiger partial charge in [0.2, 0.25) is 0 Å². The summed E-state index contributed by atoms with van der Waals surface area (Å²) in [5, 5.41) is 3.53. The van der Waals surface area contributed by atoms with E-state index in [9.17, 15) is 0 Å². The molecule has 17 heavy (non-hydrogen) atoms. The van der Waals surface area contributed by atoms with E-state index in [4.69, 9.17) is 0 Å². The van der Waals surface area contributed by atoms with Gasteiger partial charge in [-0.1, -0.05) is 33.6 Å². The minimum atomic E-state index is 0.813. The van der Waals surface area contributed by atoms with Gasteiger partial charge in [-0.15, -0.1) is 0 Å². The van der Waals surface area contributed by atoms with Gasteiger partial charge in [0.05, 0.1) is 0 Å². The van der Waals surface area contributed by atoms with Crippen LogP contribution in [-0.2, 0) is 0 Å². The summed E-state index contributed by atoms with van der Waals surface area (Å²) in [5.74, 6) is 1.80. The van der Waals surface area contributed by atoms with Crippen LogP contribution in [0.3, 0.4) is 0 Å². The first-order valence-electron chi connectivity index (χ1n) is 7.70. The van der Waals surface area contributed by atoms with Gasteiger partial charge in [0, 0.05) is 18.6 Å². The van der Waals surface area contributed by atoms with Crippen LogP contribution in [0.1, 0.15) is 52.9 Å². The molecule has 1 heterocycles. The van der Waals surface area contributed by atoms with E-state index < -0.39 is 0 Å². The lowest BCUT2D eigenvalue weighted by Gasteiger charge is -2.44. The Hall–Kier alpha value is -0.0800. The van der Waals surface area contributed by atoms with E-state index in [1.54, 1.807) is 0 Å². The van der Waals surface area contributed by atoms with Gasteiger partial charge in [0.1, 0.15) is 0 Å². The van der Waals surface area contributed by atoms with Crippen LogP contribution in [0.25, 0.3) is 0 Å². The normalized spacial score (nSPS) is 38.8. The zero-order valence-electron chi connectivity index (χ0n) is 11.9. The Balaban J connectivity index is 2.02. The van der Waals surface area contributed by atoms with Crippen LogP contribution < -0.4 is 5.32 Å². The molecular formula is C15H30N2. The molecule has 0 aromatic rings. The first-order valence-corrected chi connectivity index (χ1v) is 7.70. The number of hydrogen-bond donors (Lipinski definition) is 1. The predicted molar refractivity (Wildman–Crippen MR) is 74.2 cm³/mol. The maximum Gasteiger partial charge on any atom is 0.0235 e. The monoisotopic (exact) mass is 238 g/mol. The highest BCUT2D eigenvalue weighted by atomic mass is 15.2. The zero-order chi connectivity index (χ0) is 12.3. The summed E-state index contributed by atoms with van der Waals surface area (Å²) in [4.78, 5) is 2.85. The number of rotatable bonds is 4. The second-order valence-corrected chi connectivity index (χ2v) is 6.22. The number of nitrogens with zero attached hydrogens (tertiary/aromatic N) is 1. The molecule has 2 aliphatic rings. The van der Waals surface area contributed by atoms with Gasteiger partial charge in [-0.2, -0.15) is 0 Å². The second-order valence-electron chi connectivity index (χ2n) is 6.22. The van der Waals surface area contributed by atoms with Crippen molar-refractivity contribution in [3.05, 3.63) is 0 Å². The minimum Gasteiger partial charge on any atom is -0.315 e. The predicted octanol–water partition coefficient (Wildman–Crippen LogP) is 2.89. The van der Waals surface area contributed by atoms with Crippen molar-refractivity contribution in [3.63, 3.8) is 0 Å². The molecule has 1 aliphatic heterocycles. The van der Waals surface area contributed by atoms with Gasteiger partial charge < -0.3 is 5.32 Å². The smallest absolute Gasteiger partial charge is 0.0235 e. The molecule has 1 N–H and O–H groups in total. The highest BCUT2D eigenvalue weighted by Gasteiger charge is 2.35. The maximum absolute atomic E-state index is 3.53. The van der Waals surface area contributed by atoms with Crippen molar-refractivity contribution in [2.45, 2.75) is 65.0 Å². The molecule has 1 aliphatic carbocycles. The Bertz CT molecular complexity index is 223. The SMILES string of the molecule is CCCN(C1CCNC1)C1CCCC(C)C1C. The van der Waals surface area contributed by atoms with Crippen LogP contribution in [0.4, 0.5) is 0 Å². The Labute approximate surface area is 107 Å². The average Bonchev–Trinajstić information content (AvgIpc) is 2.84. The van der Waals surface area contributed by atoms with E-state index in [0.29, 0.717) is 0 Å². The van der Waals surface area contributed by atoms with Crippen LogP contribution in [0.2, 0.25) is 0 Å². The fraction of sp³-hybridized carbons (Fsp3) is 1.00. The third kappa shape index (κ3) is 3.03. The fourth-order valence-corrected chi connectivity index (χ4v) is 3.82. The van der Waals surface area contributed by atoms with Gasteiger partial charge in [0.15, 0.2) is 0 Å². The first-order chi connectivity index (χ1) is 8.24. The quantitative estimate of drug-likeness (QED) is 0.810. The summed E-state index contributed by atoms with van der Waals surface area (Å²) < 4.78 is 0. The summed E-state index contributed by atoms with van der Waals surface area (Å²) in [6.07, 6.45) is 6.98. The molecule has 0 bridgehead atoms. The van der Waals surface area contributed by atoms with Crippen molar-refractivity contribution in [3.8, 4) is 0 Å². The third-order valence-corrected chi connectivity index (χ3v) is 5.07. The summed E-state index contributed by atoms with van der Waals surface area (Å²) >= 11 is 0. The largest absolute Gasteiger partial charge is 0.315 e. The third-order valence-electron chi connectivity index (χ3n) is 5.07. The Morgan fingerprint density at radius 2 is 2.00 bits per heavy atom. The van der Waals surface area contributed by atoms with Crippen molar-refractivity contribution in [1.29, 1.82) is 0 Å². The average molecular weight is 238 g/mol. The molecule has 1 saturated heterocycles. The Morgan fingerprint density at radius 3 is 2.65 bits per heavy atom. The lowest BCUT2D eigenvalue weighted by atomic mass is 9.77. The molecule has 2 fully saturated rings. The highest BCUT2D eigenvalue weighted by Crippen LogP contribution is 2.34. The zero-order valence-corrected chi connectivity index (χ0v) is 11.9. The molecule has 2 heteroatoms. The van der Waals surface area contributed by atoms with E-state index in [0.717, 1.165) is 23.9 Å². The van der Waals surface area contributed by atoms with E-state index in [1.165, 1.54) is 51.7 Å². The lowest BCUT2D eigenvalue weighted by molar-refractivity contribution is 0.0519. The fourth-order valence-electron chi connectivity index (χ4n) is 3.82. The van der Waals surface area contributed by atoms with Crippen molar-refractivity contribution in [2.75, 3.05) is 19.6 Å². The van der Waals surface area contributed by atoms with Crippen LogP contribution in [0, 0.1) is 11.8 Å². The molecule has 4 atom stereocenters. The molecule has 2 rings (SSSR count). The molecule has 1 saturated carbocycles. The molecule has 0 aromatic heterocycles. The van der Waals surface area contributed by atoms with Crippen molar-refractivity contribution < 1.29 is 0 Å². The highest BCUT2D eigenvalue weighted by molar-refractivity contribution is 4.90. The topological polar surface area (TPSA) is 15.3 Å². The summed E-state index contributed by atoms with van der Waals surface area (Å²) in [5.41, 5.74) is 0. The van der Waals surface area contributed by atoms with Gasteiger partial charge in [-0.3, -0.25) is 4.90 Å². The molecule has 4 unspecified atom stereocenters. The number of hydrogen-bond acceptors (Lipinski definition) is 2. The second kappa shape index (κ2) is 6.19. The maximum atomic E-state index is 3.53. The Morgan fingerprint density at radius 1 is 1.18 bits per heavy atom. The summed E-state index contributed by atoms with van der Waals surface area (Å²) in [7, 11) is 0. The van der Waals surface area contributed by atoms with Gasteiger partial charge in [-0.05, 0) is 44.2 Å². The van der Waals surface area contributed by atoms with Crippen LogP contribution >= 0.6 is 0 Å². The standard InChI is InChI=1S/C15H30N2/c1-4-10-17(14-8-9-16-11-14)15-7-5-6-12(2)13(15)3/h12-16H,4-11H2,1-3H3. The lowest BCUT2D eigenvalue weighted by Crippen LogP contribution is -2.50. The van der Waals surface area contributed by atoms with E-state index in [2.05, 4.69) is 31.0 Å². The van der Waals surface area contributed by atoms with Gasteiger partial charge in [-0.25, -0.2) is 0 Å². The Kier molecular flexibility index (Phi) is 4.87. The molecular weight excluding hydrogens is 208 g/mol. The number of nitrogens with one attached hydrogen (secondary N) is 1. The van der Waals surface area contributed by atoms with Crippen molar-refractivity contribution in [2.24, 2.45) is 11.8 Å². The van der Waals surface area contributed by atoms with Crippen LogP contribution in [-0.4, -0.2) is 36.6 Å². The van der Waals surface area contributed by atoms with Crippen LogP contribution in [0.15, 0.2) is 0 Å². The van der Waals surface area contributed by atoms with Crippen molar-refractivity contribution in [1.82, 2.24) is 10.2 Å². The van der Waals surface area contributed by atoms with Gasteiger partial charge in [0.25, 0.3) is 0 Å². The first kappa shape index (κ1) is 13.4. The molecule has 0 radical (unpaired) electrons. The van der Waals surface area contributed by atoms with E-state index in [-0.39, 0.29) is 0 Å². The summed E-state index contributed by atoms with van der Waals surface area (Å²) in [6.45, 7) is 11.0. The van der Waals surface area contributed by atoms with E-state index >= 15 is 0 Å². The van der Waals surface area contributed by atoms with Crippen molar-refractivity contribution >= 4 is 0 Å². The summed E-state index contributed by atoms with van der Waals surface area (Å²) in [6, 6.07) is 1.66. The molecule has 2 nitrogen and oxygen atoms in total. The van der Waals surface area contributed by atoms with Gasteiger partial charge >= 0.3 is 0 Å². The van der Waals surface area contributed by atoms with E-state index in [1.807, 2.05) is 0 Å². The molecule has 0 aromatic carbocycles. The molecule has 0 amide bonds.